The third-order valence-corrected chi connectivity index (χ3v) is 12.2. The van der Waals surface area contributed by atoms with Gasteiger partial charge < -0.3 is 4.57 Å². The summed E-state index contributed by atoms with van der Waals surface area (Å²) in [5, 5.41) is 10.2. The Labute approximate surface area is 240 Å². The van der Waals surface area contributed by atoms with Gasteiger partial charge in [-0.15, -0.1) is 0 Å². The highest BCUT2D eigenvalue weighted by Crippen LogP contribution is 2.55. The third-order valence-electron chi connectivity index (χ3n) is 9.12. The minimum absolute atomic E-state index is 0.236. The summed E-state index contributed by atoms with van der Waals surface area (Å²) in [5.41, 5.74) is 4.62. The molecule has 0 radical (unpaired) electrons. The number of hydrogen-bond donors (Lipinski definition) is 0. The number of hydrogen-bond acceptors (Lipinski definition) is 1. The number of benzene rings is 7. The second-order valence-corrected chi connectivity index (χ2v) is 14.4. The van der Waals surface area contributed by atoms with Gasteiger partial charge in [-0.2, -0.15) is 0 Å². The molecule has 8 rings (SSSR count). The van der Waals surface area contributed by atoms with Gasteiger partial charge in [0.15, 0.2) is 7.14 Å². The van der Waals surface area contributed by atoms with Crippen LogP contribution in [0.1, 0.15) is 25.0 Å². The topological polar surface area (TPSA) is 17.1 Å². The average molecular weight is 545 g/mol. The molecule has 0 aromatic heterocycles. The molecule has 1 aliphatic rings. The van der Waals surface area contributed by atoms with E-state index < -0.39 is 7.14 Å². The van der Waals surface area contributed by atoms with Gasteiger partial charge in [0.05, 0.1) is 0 Å². The molecule has 0 aliphatic heterocycles. The van der Waals surface area contributed by atoms with Gasteiger partial charge in [-0.25, -0.2) is 0 Å². The van der Waals surface area contributed by atoms with Crippen LogP contribution in [0.4, 0.5) is 0 Å². The van der Waals surface area contributed by atoms with E-state index in [4.69, 9.17) is 0 Å². The molecular weight excluding hydrogens is 515 g/mol. The molecule has 0 unspecified atom stereocenters. The molecule has 0 fully saturated rings. The van der Waals surface area contributed by atoms with Crippen molar-refractivity contribution in [3.63, 3.8) is 0 Å². The number of rotatable bonds is 3. The van der Waals surface area contributed by atoms with Crippen molar-refractivity contribution in [1.29, 1.82) is 0 Å². The summed E-state index contributed by atoms with van der Waals surface area (Å²) in [4.78, 5) is 0. The van der Waals surface area contributed by atoms with Crippen molar-refractivity contribution in [3.05, 3.63) is 151 Å². The first-order valence-corrected chi connectivity index (χ1v) is 15.9. The number of fused-ring (bicyclic) bond motifs is 9. The normalized spacial score (nSPS) is 13.9. The highest BCUT2D eigenvalue weighted by molar-refractivity contribution is 7.85. The van der Waals surface area contributed by atoms with Crippen LogP contribution in [0.3, 0.4) is 0 Å². The minimum Gasteiger partial charge on any atom is -0.309 e. The van der Waals surface area contributed by atoms with E-state index in [9.17, 15) is 0 Å². The summed E-state index contributed by atoms with van der Waals surface area (Å²) in [6, 6.07) is 48.8. The van der Waals surface area contributed by atoms with Gasteiger partial charge in [-0.05, 0) is 66.7 Å². The molecule has 0 atom stereocenters. The Morgan fingerprint density at radius 2 is 0.927 bits per heavy atom. The molecule has 0 heterocycles. The van der Waals surface area contributed by atoms with Crippen molar-refractivity contribution in [2.75, 3.05) is 0 Å². The Bertz CT molecular complexity index is 2150. The highest BCUT2D eigenvalue weighted by atomic mass is 31.2. The van der Waals surface area contributed by atoms with Gasteiger partial charge >= 0.3 is 0 Å². The van der Waals surface area contributed by atoms with Crippen molar-refractivity contribution < 1.29 is 4.57 Å². The van der Waals surface area contributed by atoms with E-state index in [2.05, 4.69) is 92.7 Å². The largest absolute Gasteiger partial charge is 0.309 e. The van der Waals surface area contributed by atoms with Crippen LogP contribution in [0.5, 0.6) is 0 Å². The van der Waals surface area contributed by atoms with Crippen LogP contribution < -0.4 is 15.9 Å². The smallest absolute Gasteiger partial charge is 0.171 e. The summed E-state index contributed by atoms with van der Waals surface area (Å²) in [6.45, 7) is 4.62. The molecule has 196 valence electrons. The summed E-state index contributed by atoms with van der Waals surface area (Å²) in [7, 11) is -3.18. The Kier molecular flexibility index (Phi) is 5.21. The minimum atomic E-state index is -3.18. The third kappa shape index (κ3) is 3.33. The zero-order valence-electron chi connectivity index (χ0n) is 23.1. The van der Waals surface area contributed by atoms with Crippen molar-refractivity contribution >= 4 is 55.4 Å². The van der Waals surface area contributed by atoms with E-state index in [1.807, 2.05) is 60.7 Å². The van der Waals surface area contributed by atoms with Gasteiger partial charge in [0.1, 0.15) is 0 Å². The molecule has 1 aliphatic carbocycles. The summed E-state index contributed by atoms with van der Waals surface area (Å²) in [5.74, 6) is 0. The van der Waals surface area contributed by atoms with E-state index in [1.54, 1.807) is 0 Å². The van der Waals surface area contributed by atoms with Crippen LogP contribution in [0.25, 0.3) is 43.4 Å². The fraction of sp³-hybridized carbons (Fsp3) is 0.0769. The quantitative estimate of drug-likeness (QED) is 0.160. The predicted molar refractivity (Wildman–Crippen MR) is 176 cm³/mol. The van der Waals surface area contributed by atoms with Crippen LogP contribution in [0, 0.1) is 0 Å². The predicted octanol–water partition coefficient (Wildman–Crippen LogP) is 9.09. The second kappa shape index (κ2) is 8.77. The van der Waals surface area contributed by atoms with E-state index in [0.29, 0.717) is 0 Å². The van der Waals surface area contributed by atoms with Gasteiger partial charge in [0.2, 0.25) is 0 Å². The van der Waals surface area contributed by atoms with Gasteiger partial charge in [-0.1, -0.05) is 141 Å². The van der Waals surface area contributed by atoms with Crippen LogP contribution in [-0.2, 0) is 9.98 Å². The molecule has 7 aromatic carbocycles. The lowest BCUT2D eigenvalue weighted by Gasteiger charge is -2.25. The van der Waals surface area contributed by atoms with Crippen molar-refractivity contribution in [3.8, 4) is 11.1 Å². The van der Waals surface area contributed by atoms with Gasteiger partial charge in [0.25, 0.3) is 0 Å². The standard InChI is InChI=1S/C39H29OP/c1-39(2)35-22-13-23-37(41(40,26-14-5-3-6-15-26)27-16-7-4-8-17-27)38(35)34-24-32-30-20-11-9-18-28(30)29-19-10-12-21-31(29)33(32)25-36(34)39/h3-25H,1-2H3. The summed E-state index contributed by atoms with van der Waals surface area (Å²) < 4.78 is 15.6. The molecule has 41 heavy (non-hydrogen) atoms. The van der Waals surface area contributed by atoms with Crippen molar-refractivity contribution in [1.82, 2.24) is 0 Å². The molecule has 0 saturated heterocycles. The fourth-order valence-corrected chi connectivity index (χ4v) is 10.0. The Hall–Kier alpha value is -4.45. The van der Waals surface area contributed by atoms with Crippen LogP contribution in [0.15, 0.2) is 140 Å². The van der Waals surface area contributed by atoms with E-state index in [0.717, 1.165) is 21.5 Å². The molecule has 0 amide bonds. The molecule has 0 spiro atoms. The summed E-state index contributed by atoms with van der Waals surface area (Å²) >= 11 is 0. The van der Waals surface area contributed by atoms with Crippen LogP contribution in [0.2, 0.25) is 0 Å². The molecule has 0 N–H and O–H groups in total. The fourth-order valence-electron chi connectivity index (χ4n) is 7.13. The van der Waals surface area contributed by atoms with Crippen LogP contribution >= 0.6 is 7.14 Å². The molecule has 0 bridgehead atoms. The average Bonchev–Trinajstić information content (AvgIpc) is 3.26. The van der Waals surface area contributed by atoms with Crippen LogP contribution in [-0.4, -0.2) is 0 Å². The first-order valence-electron chi connectivity index (χ1n) is 14.2. The lowest BCUT2D eigenvalue weighted by Crippen LogP contribution is -2.27. The maximum absolute atomic E-state index is 15.6. The van der Waals surface area contributed by atoms with E-state index in [-0.39, 0.29) is 5.41 Å². The first-order chi connectivity index (χ1) is 20.0. The SMILES string of the molecule is CC1(C)c2cc3c4ccccc4c4ccccc4c3cc2-c2c1cccc2P(=O)(c1ccccc1)c1ccccc1. The molecule has 2 heteroatoms. The molecular formula is C39H29OP. The van der Waals surface area contributed by atoms with E-state index >= 15 is 4.57 Å². The second-order valence-electron chi connectivity index (χ2n) is 11.6. The van der Waals surface area contributed by atoms with Crippen molar-refractivity contribution in [2.45, 2.75) is 19.3 Å². The first kappa shape index (κ1) is 24.4. The Balaban J connectivity index is 1.52. The zero-order valence-corrected chi connectivity index (χ0v) is 24.0. The zero-order chi connectivity index (χ0) is 27.8. The van der Waals surface area contributed by atoms with Crippen molar-refractivity contribution in [2.24, 2.45) is 0 Å². The molecule has 7 aromatic rings. The Morgan fingerprint density at radius 3 is 1.46 bits per heavy atom. The van der Waals surface area contributed by atoms with Gasteiger partial charge in [0, 0.05) is 21.3 Å². The monoisotopic (exact) mass is 544 g/mol. The Morgan fingerprint density at radius 1 is 0.463 bits per heavy atom. The summed E-state index contributed by atoms with van der Waals surface area (Å²) in [6.07, 6.45) is 0. The maximum atomic E-state index is 15.6. The van der Waals surface area contributed by atoms with E-state index in [1.165, 1.54) is 49.0 Å². The molecule has 0 saturated carbocycles. The maximum Gasteiger partial charge on any atom is 0.171 e. The lowest BCUT2D eigenvalue weighted by molar-refractivity contribution is 0.592. The van der Waals surface area contributed by atoms with Gasteiger partial charge in [-0.3, -0.25) is 0 Å². The molecule has 1 nitrogen and oxygen atoms in total. The lowest BCUT2D eigenvalue weighted by atomic mass is 9.81. The highest BCUT2D eigenvalue weighted by Gasteiger charge is 2.41.